The van der Waals surface area contributed by atoms with Crippen molar-refractivity contribution in [3.63, 3.8) is 0 Å². The maximum absolute atomic E-state index is 9.21. The summed E-state index contributed by atoms with van der Waals surface area (Å²) in [6, 6.07) is 8.54. The topological polar surface area (TPSA) is 58.0 Å². The predicted molar refractivity (Wildman–Crippen MR) is 53.4 cm³/mol. The number of rotatable bonds is 2. The number of benzene rings is 1. The van der Waals surface area contributed by atoms with Crippen LogP contribution in [0.25, 0.3) is 0 Å². The van der Waals surface area contributed by atoms with Crippen LogP contribution in [-0.2, 0) is 0 Å². The monoisotopic (exact) mass is 187 g/mol. The van der Waals surface area contributed by atoms with Crippen molar-refractivity contribution in [1.82, 2.24) is 9.97 Å². The van der Waals surface area contributed by atoms with Gasteiger partial charge in [0.1, 0.15) is 5.75 Å². The molecule has 0 bridgehead atoms. The Kier molecular flexibility index (Phi) is 2.27. The van der Waals surface area contributed by atoms with Crippen LogP contribution in [0.5, 0.6) is 5.75 Å². The van der Waals surface area contributed by atoms with E-state index in [2.05, 4.69) is 15.3 Å². The molecule has 1 aromatic heterocycles. The molecule has 0 saturated heterocycles. The lowest BCUT2D eigenvalue weighted by molar-refractivity contribution is 0.475. The van der Waals surface area contributed by atoms with Crippen molar-refractivity contribution < 1.29 is 5.11 Å². The van der Waals surface area contributed by atoms with Gasteiger partial charge >= 0.3 is 0 Å². The summed E-state index contributed by atoms with van der Waals surface area (Å²) >= 11 is 0. The standard InChI is InChI=1S/C10H9N3O/c14-9-4-1-3-8(7-9)13-10-11-5-2-6-12-10/h1-7,14H,(H,11,12,13). The van der Waals surface area contributed by atoms with E-state index in [4.69, 9.17) is 0 Å². The van der Waals surface area contributed by atoms with E-state index < -0.39 is 0 Å². The van der Waals surface area contributed by atoms with Crippen LogP contribution in [0.2, 0.25) is 0 Å². The highest BCUT2D eigenvalue weighted by molar-refractivity contribution is 5.55. The van der Waals surface area contributed by atoms with E-state index >= 15 is 0 Å². The molecule has 0 spiro atoms. The molecule has 2 rings (SSSR count). The van der Waals surface area contributed by atoms with Crippen molar-refractivity contribution in [2.45, 2.75) is 0 Å². The van der Waals surface area contributed by atoms with Gasteiger partial charge in [0.2, 0.25) is 5.95 Å². The number of phenolic OH excluding ortho intramolecular Hbond substituents is 1. The first-order valence-corrected chi connectivity index (χ1v) is 4.18. The molecule has 0 atom stereocenters. The van der Waals surface area contributed by atoms with E-state index in [9.17, 15) is 5.11 Å². The molecule has 0 aliphatic heterocycles. The maximum atomic E-state index is 9.21. The number of anilines is 2. The molecule has 0 aliphatic rings. The number of aromatic nitrogens is 2. The van der Waals surface area contributed by atoms with Gasteiger partial charge in [0.25, 0.3) is 0 Å². The molecule has 4 nitrogen and oxygen atoms in total. The molecule has 2 N–H and O–H groups in total. The quantitative estimate of drug-likeness (QED) is 0.754. The van der Waals surface area contributed by atoms with Crippen molar-refractivity contribution in [2.75, 3.05) is 5.32 Å². The number of hydrogen-bond acceptors (Lipinski definition) is 4. The summed E-state index contributed by atoms with van der Waals surface area (Å²) < 4.78 is 0. The van der Waals surface area contributed by atoms with Gasteiger partial charge in [-0.3, -0.25) is 0 Å². The van der Waals surface area contributed by atoms with E-state index in [0.717, 1.165) is 5.69 Å². The molecule has 14 heavy (non-hydrogen) atoms. The van der Waals surface area contributed by atoms with E-state index in [1.165, 1.54) is 0 Å². The minimum atomic E-state index is 0.214. The normalized spacial score (nSPS) is 9.71. The molecular weight excluding hydrogens is 178 g/mol. The number of nitrogens with zero attached hydrogens (tertiary/aromatic N) is 2. The second-order valence-corrected chi connectivity index (χ2v) is 2.75. The summed E-state index contributed by atoms with van der Waals surface area (Å²) in [7, 11) is 0. The summed E-state index contributed by atoms with van der Waals surface area (Å²) in [6.45, 7) is 0. The summed E-state index contributed by atoms with van der Waals surface area (Å²) in [5.74, 6) is 0.726. The highest BCUT2D eigenvalue weighted by atomic mass is 16.3. The van der Waals surface area contributed by atoms with Gasteiger partial charge in [0.05, 0.1) is 0 Å². The van der Waals surface area contributed by atoms with Gasteiger partial charge in [0, 0.05) is 24.1 Å². The predicted octanol–water partition coefficient (Wildman–Crippen LogP) is 1.93. The first kappa shape index (κ1) is 8.50. The Labute approximate surface area is 81.3 Å². The Morgan fingerprint density at radius 2 is 1.86 bits per heavy atom. The molecule has 0 fully saturated rings. The molecule has 0 unspecified atom stereocenters. The fourth-order valence-electron chi connectivity index (χ4n) is 1.08. The zero-order chi connectivity index (χ0) is 9.80. The van der Waals surface area contributed by atoms with Crippen LogP contribution in [0.4, 0.5) is 11.6 Å². The van der Waals surface area contributed by atoms with Gasteiger partial charge in [-0.1, -0.05) is 6.07 Å². The summed E-state index contributed by atoms with van der Waals surface area (Å²) in [5.41, 5.74) is 0.760. The van der Waals surface area contributed by atoms with E-state index in [1.54, 1.807) is 36.7 Å². The highest BCUT2D eigenvalue weighted by Gasteiger charge is 1.96. The molecule has 1 heterocycles. The molecular formula is C10H9N3O. The van der Waals surface area contributed by atoms with Crippen molar-refractivity contribution in [3.8, 4) is 5.75 Å². The van der Waals surface area contributed by atoms with Crippen LogP contribution in [0.1, 0.15) is 0 Å². The first-order chi connectivity index (χ1) is 6.84. The molecule has 2 aromatic rings. The Bertz CT molecular complexity index is 417. The lowest BCUT2D eigenvalue weighted by atomic mass is 10.3. The number of phenols is 1. The molecule has 0 amide bonds. The maximum Gasteiger partial charge on any atom is 0.227 e. The Hall–Kier alpha value is -2.10. The van der Waals surface area contributed by atoms with Crippen molar-refractivity contribution in [3.05, 3.63) is 42.7 Å². The second kappa shape index (κ2) is 3.74. The van der Waals surface area contributed by atoms with Crippen LogP contribution in [-0.4, -0.2) is 15.1 Å². The van der Waals surface area contributed by atoms with Crippen LogP contribution in [0, 0.1) is 0 Å². The molecule has 4 heteroatoms. The molecule has 70 valence electrons. The van der Waals surface area contributed by atoms with Gasteiger partial charge in [-0.2, -0.15) is 0 Å². The Morgan fingerprint density at radius 1 is 1.07 bits per heavy atom. The number of nitrogens with one attached hydrogen (secondary N) is 1. The molecule has 0 radical (unpaired) electrons. The van der Waals surface area contributed by atoms with Crippen molar-refractivity contribution in [1.29, 1.82) is 0 Å². The van der Waals surface area contributed by atoms with Gasteiger partial charge in [-0.05, 0) is 18.2 Å². The summed E-state index contributed by atoms with van der Waals surface area (Å²) in [5, 5.41) is 12.2. The second-order valence-electron chi connectivity index (χ2n) is 2.75. The largest absolute Gasteiger partial charge is 0.508 e. The average Bonchev–Trinajstić information content (AvgIpc) is 2.19. The van der Waals surface area contributed by atoms with Crippen LogP contribution >= 0.6 is 0 Å². The molecule has 0 aliphatic carbocycles. The minimum absolute atomic E-state index is 0.214. The van der Waals surface area contributed by atoms with Crippen LogP contribution < -0.4 is 5.32 Å². The SMILES string of the molecule is Oc1cccc(Nc2ncccn2)c1. The Morgan fingerprint density at radius 3 is 2.57 bits per heavy atom. The van der Waals surface area contributed by atoms with Crippen LogP contribution in [0.3, 0.4) is 0 Å². The lowest BCUT2D eigenvalue weighted by Crippen LogP contribution is -1.94. The third-order valence-corrected chi connectivity index (χ3v) is 1.67. The first-order valence-electron chi connectivity index (χ1n) is 4.18. The summed E-state index contributed by atoms with van der Waals surface area (Å²) in [6.07, 6.45) is 3.30. The lowest BCUT2D eigenvalue weighted by Gasteiger charge is -2.03. The highest BCUT2D eigenvalue weighted by Crippen LogP contribution is 2.17. The van der Waals surface area contributed by atoms with Gasteiger partial charge in [-0.25, -0.2) is 9.97 Å². The van der Waals surface area contributed by atoms with Crippen LogP contribution in [0.15, 0.2) is 42.7 Å². The fourth-order valence-corrected chi connectivity index (χ4v) is 1.08. The smallest absolute Gasteiger partial charge is 0.227 e. The van der Waals surface area contributed by atoms with Crippen molar-refractivity contribution in [2.24, 2.45) is 0 Å². The summed E-state index contributed by atoms with van der Waals surface area (Å²) in [4.78, 5) is 8.00. The van der Waals surface area contributed by atoms with E-state index in [-0.39, 0.29) is 5.75 Å². The third-order valence-electron chi connectivity index (χ3n) is 1.67. The average molecular weight is 187 g/mol. The van der Waals surface area contributed by atoms with Gasteiger partial charge in [0.15, 0.2) is 0 Å². The van der Waals surface area contributed by atoms with Gasteiger partial charge in [-0.15, -0.1) is 0 Å². The third kappa shape index (κ3) is 1.98. The zero-order valence-corrected chi connectivity index (χ0v) is 7.38. The zero-order valence-electron chi connectivity index (χ0n) is 7.38. The minimum Gasteiger partial charge on any atom is -0.508 e. The van der Waals surface area contributed by atoms with E-state index in [0.29, 0.717) is 5.95 Å². The van der Waals surface area contributed by atoms with Crippen molar-refractivity contribution >= 4 is 11.6 Å². The molecule has 0 saturated carbocycles. The Balaban J connectivity index is 2.19. The number of hydrogen-bond donors (Lipinski definition) is 2. The van der Waals surface area contributed by atoms with E-state index in [1.807, 2.05) is 6.07 Å². The molecule has 1 aromatic carbocycles. The number of aromatic hydroxyl groups is 1. The van der Waals surface area contributed by atoms with Gasteiger partial charge < -0.3 is 10.4 Å². The fraction of sp³-hybridized carbons (Fsp3) is 0.